The molecule has 158 valence electrons. The molecule has 6 heteroatoms. The van der Waals surface area contributed by atoms with Gasteiger partial charge in [0.2, 0.25) is 11.8 Å². The first kappa shape index (κ1) is 20.4. The summed E-state index contributed by atoms with van der Waals surface area (Å²) in [6, 6.07) is 13.9. The van der Waals surface area contributed by atoms with E-state index in [-0.39, 0.29) is 17.7 Å². The van der Waals surface area contributed by atoms with E-state index >= 15 is 0 Å². The summed E-state index contributed by atoms with van der Waals surface area (Å²) in [6.45, 7) is 7.48. The predicted octanol–water partition coefficient (Wildman–Crippen LogP) is 2.64. The van der Waals surface area contributed by atoms with Crippen molar-refractivity contribution in [3.8, 4) is 5.75 Å². The molecule has 2 heterocycles. The summed E-state index contributed by atoms with van der Waals surface area (Å²) >= 11 is 0. The fourth-order valence-electron chi connectivity index (χ4n) is 4.26. The summed E-state index contributed by atoms with van der Waals surface area (Å²) < 4.78 is 5.79. The highest BCUT2D eigenvalue weighted by Crippen LogP contribution is 2.28. The quantitative estimate of drug-likeness (QED) is 0.847. The molecular formula is C24H29N3O3. The third-order valence-electron chi connectivity index (χ3n) is 6.02. The van der Waals surface area contributed by atoms with Crippen molar-refractivity contribution >= 4 is 17.5 Å². The van der Waals surface area contributed by atoms with E-state index in [4.69, 9.17) is 4.74 Å². The first-order chi connectivity index (χ1) is 14.5. The van der Waals surface area contributed by atoms with E-state index in [1.807, 2.05) is 61.2 Å². The molecule has 0 bridgehead atoms. The van der Waals surface area contributed by atoms with Gasteiger partial charge in [0, 0.05) is 31.9 Å². The number of para-hydroxylation sites is 2. The molecule has 2 aliphatic rings. The second-order valence-corrected chi connectivity index (χ2v) is 8.24. The number of carbonyl (C=O) groups is 2. The summed E-state index contributed by atoms with van der Waals surface area (Å²) in [6.07, 6.45) is 0.730. The molecular weight excluding hydrogens is 378 g/mol. The van der Waals surface area contributed by atoms with E-state index in [1.165, 1.54) is 0 Å². The van der Waals surface area contributed by atoms with E-state index in [2.05, 4.69) is 10.2 Å². The number of benzene rings is 2. The van der Waals surface area contributed by atoms with Crippen LogP contribution in [0.4, 0.5) is 5.69 Å². The van der Waals surface area contributed by atoms with Crippen LogP contribution in [-0.2, 0) is 16.0 Å². The largest absolute Gasteiger partial charge is 0.492 e. The number of carbonyl (C=O) groups excluding carboxylic acids is 2. The van der Waals surface area contributed by atoms with Crippen molar-refractivity contribution in [1.82, 2.24) is 9.80 Å². The Morgan fingerprint density at radius 3 is 2.43 bits per heavy atom. The second kappa shape index (κ2) is 8.88. The van der Waals surface area contributed by atoms with Crippen LogP contribution in [0.25, 0.3) is 0 Å². The van der Waals surface area contributed by atoms with Crippen molar-refractivity contribution in [3.63, 3.8) is 0 Å². The van der Waals surface area contributed by atoms with Crippen LogP contribution in [0.1, 0.15) is 16.7 Å². The molecule has 0 radical (unpaired) electrons. The molecule has 4 rings (SSSR count). The van der Waals surface area contributed by atoms with Crippen LogP contribution in [-0.4, -0.2) is 60.9 Å². The third-order valence-corrected chi connectivity index (χ3v) is 6.02. The van der Waals surface area contributed by atoms with Crippen LogP contribution in [0.3, 0.4) is 0 Å². The number of nitrogens with zero attached hydrogens (tertiary/aromatic N) is 2. The Hall–Kier alpha value is -2.86. The lowest BCUT2D eigenvalue weighted by Gasteiger charge is -2.37. The van der Waals surface area contributed by atoms with Crippen LogP contribution in [0.2, 0.25) is 0 Å². The van der Waals surface area contributed by atoms with Crippen molar-refractivity contribution in [3.05, 3.63) is 59.2 Å². The van der Waals surface area contributed by atoms with Gasteiger partial charge in [-0.2, -0.15) is 0 Å². The van der Waals surface area contributed by atoms with Gasteiger partial charge in [-0.1, -0.05) is 36.4 Å². The van der Waals surface area contributed by atoms with Gasteiger partial charge in [0.25, 0.3) is 0 Å². The maximum Gasteiger partial charge on any atom is 0.238 e. The summed E-state index contributed by atoms with van der Waals surface area (Å²) in [5.41, 5.74) is 4.13. The standard InChI is InChI=1S/C24H29N3O3/c1-17-6-5-7-18(2)23(17)25-22(28)15-26-10-12-27(13-11-26)24(29)20-14-19-8-3-4-9-21(19)30-16-20/h3-9,20H,10-16H2,1-2H3,(H,25,28). The van der Waals surface area contributed by atoms with Gasteiger partial charge in [-0.15, -0.1) is 0 Å². The molecule has 2 aromatic carbocycles. The third kappa shape index (κ3) is 4.49. The molecule has 0 saturated carbocycles. The van der Waals surface area contributed by atoms with Gasteiger partial charge in [-0.3, -0.25) is 14.5 Å². The highest BCUT2D eigenvalue weighted by atomic mass is 16.5. The van der Waals surface area contributed by atoms with Crippen LogP contribution in [0.15, 0.2) is 42.5 Å². The number of aryl methyl sites for hydroxylation is 2. The van der Waals surface area contributed by atoms with Gasteiger partial charge in [-0.25, -0.2) is 0 Å². The monoisotopic (exact) mass is 407 g/mol. The topological polar surface area (TPSA) is 61.9 Å². The van der Waals surface area contributed by atoms with Gasteiger partial charge in [-0.05, 0) is 43.0 Å². The molecule has 2 aromatic rings. The molecule has 6 nitrogen and oxygen atoms in total. The van der Waals surface area contributed by atoms with Crippen molar-refractivity contribution < 1.29 is 14.3 Å². The Balaban J connectivity index is 1.27. The molecule has 2 amide bonds. The summed E-state index contributed by atoms with van der Waals surface area (Å²) in [7, 11) is 0. The number of amides is 2. The minimum absolute atomic E-state index is 0.00976. The number of piperazine rings is 1. The lowest BCUT2D eigenvalue weighted by Crippen LogP contribution is -2.52. The summed E-state index contributed by atoms with van der Waals surface area (Å²) in [5.74, 6) is 0.911. The van der Waals surface area contributed by atoms with Gasteiger partial charge < -0.3 is 15.0 Å². The average molecular weight is 408 g/mol. The van der Waals surface area contributed by atoms with Gasteiger partial charge in [0.15, 0.2) is 0 Å². The minimum atomic E-state index is -0.126. The van der Waals surface area contributed by atoms with Crippen molar-refractivity contribution in [1.29, 1.82) is 0 Å². The normalized spacial score (nSPS) is 19.0. The zero-order valence-corrected chi connectivity index (χ0v) is 17.7. The second-order valence-electron chi connectivity index (χ2n) is 8.24. The fraction of sp³-hybridized carbons (Fsp3) is 0.417. The van der Waals surface area contributed by atoms with Crippen molar-refractivity contribution in [2.45, 2.75) is 20.3 Å². The lowest BCUT2D eigenvalue weighted by molar-refractivity contribution is -0.138. The smallest absolute Gasteiger partial charge is 0.238 e. The van der Waals surface area contributed by atoms with Crippen molar-refractivity contribution in [2.75, 3.05) is 44.6 Å². The Labute approximate surface area is 177 Å². The molecule has 1 fully saturated rings. The molecule has 0 spiro atoms. The average Bonchev–Trinajstić information content (AvgIpc) is 2.76. The van der Waals surface area contributed by atoms with E-state index < -0.39 is 0 Å². The van der Waals surface area contributed by atoms with Crippen molar-refractivity contribution in [2.24, 2.45) is 5.92 Å². The van der Waals surface area contributed by atoms with Crippen LogP contribution < -0.4 is 10.1 Å². The summed E-state index contributed by atoms with van der Waals surface area (Å²) in [4.78, 5) is 29.5. The Morgan fingerprint density at radius 2 is 1.70 bits per heavy atom. The fourth-order valence-corrected chi connectivity index (χ4v) is 4.26. The van der Waals surface area contributed by atoms with E-state index in [9.17, 15) is 9.59 Å². The minimum Gasteiger partial charge on any atom is -0.492 e. The molecule has 0 aromatic heterocycles. The zero-order chi connectivity index (χ0) is 21.1. The molecule has 1 N–H and O–H groups in total. The molecule has 1 atom stereocenters. The van der Waals surface area contributed by atoms with Crippen LogP contribution in [0, 0.1) is 19.8 Å². The molecule has 30 heavy (non-hydrogen) atoms. The van der Waals surface area contributed by atoms with Crippen LogP contribution >= 0.6 is 0 Å². The number of nitrogens with one attached hydrogen (secondary N) is 1. The maximum atomic E-state index is 13.0. The first-order valence-electron chi connectivity index (χ1n) is 10.6. The Bertz CT molecular complexity index is 915. The van der Waals surface area contributed by atoms with Crippen LogP contribution in [0.5, 0.6) is 5.75 Å². The first-order valence-corrected chi connectivity index (χ1v) is 10.6. The van der Waals surface area contributed by atoms with Gasteiger partial charge in [0.1, 0.15) is 12.4 Å². The highest BCUT2D eigenvalue weighted by Gasteiger charge is 2.31. The number of hydrogen-bond acceptors (Lipinski definition) is 4. The van der Waals surface area contributed by atoms with E-state index in [0.29, 0.717) is 39.3 Å². The van der Waals surface area contributed by atoms with E-state index in [1.54, 1.807) is 0 Å². The zero-order valence-electron chi connectivity index (χ0n) is 17.7. The number of ether oxygens (including phenoxy) is 1. The Morgan fingerprint density at radius 1 is 1.00 bits per heavy atom. The molecule has 1 unspecified atom stereocenters. The molecule has 2 aliphatic heterocycles. The van der Waals surface area contributed by atoms with E-state index in [0.717, 1.165) is 34.5 Å². The number of hydrogen-bond donors (Lipinski definition) is 1. The summed E-state index contributed by atoms with van der Waals surface area (Å²) in [5, 5.41) is 3.04. The number of fused-ring (bicyclic) bond motifs is 1. The lowest BCUT2D eigenvalue weighted by atomic mass is 9.95. The molecule has 1 saturated heterocycles. The maximum absolute atomic E-state index is 13.0. The number of anilines is 1. The Kier molecular flexibility index (Phi) is 6.04. The predicted molar refractivity (Wildman–Crippen MR) is 117 cm³/mol. The number of rotatable bonds is 4. The van der Waals surface area contributed by atoms with Gasteiger partial charge in [0.05, 0.1) is 12.5 Å². The molecule has 0 aliphatic carbocycles. The van der Waals surface area contributed by atoms with Gasteiger partial charge >= 0.3 is 0 Å². The highest BCUT2D eigenvalue weighted by molar-refractivity contribution is 5.93. The SMILES string of the molecule is Cc1cccc(C)c1NC(=O)CN1CCN(C(=O)C2COc3ccccc3C2)CC1.